The Bertz CT molecular complexity index is 866. The van der Waals surface area contributed by atoms with Gasteiger partial charge in [0.05, 0.1) is 17.1 Å². The number of aromatic hydroxyl groups is 1. The summed E-state index contributed by atoms with van der Waals surface area (Å²) in [6, 6.07) is 4.95. The number of phenolic OH excluding ortho intramolecular Hbond substituents is 1. The molecule has 1 aromatic carbocycles. The predicted molar refractivity (Wildman–Crippen MR) is 99.4 cm³/mol. The fourth-order valence-corrected chi connectivity index (χ4v) is 4.52. The molecule has 1 saturated heterocycles. The zero-order valence-corrected chi connectivity index (χ0v) is 15.6. The minimum absolute atomic E-state index is 0.0243. The molecular weight excluding hydrogens is 350 g/mol. The van der Waals surface area contributed by atoms with E-state index in [9.17, 15) is 9.90 Å². The van der Waals surface area contributed by atoms with Crippen LogP contribution in [0.15, 0.2) is 24.4 Å². The summed E-state index contributed by atoms with van der Waals surface area (Å²) in [5.74, 6) is 0.940. The lowest BCUT2D eigenvalue weighted by Crippen LogP contribution is -2.48. The Morgan fingerprint density at radius 3 is 3.04 bits per heavy atom. The minimum Gasteiger partial charge on any atom is -0.506 e. The summed E-state index contributed by atoms with van der Waals surface area (Å²) in [6.07, 6.45) is 6.34. The number of rotatable bonds is 2. The largest absolute Gasteiger partial charge is 0.506 e. The number of carbonyl (C=O) groups is 1. The molecule has 1 fully saturated rings. The quantitative estimate of drug-likeness (QED) is 0.880. The summed E-state index contributed by atoms with van der Waals surface area (Å²) >= 11 is 5.96. The maximum absolute atomic E-state index is 12.9. The zero-order chi connectivity index (χ0) is 18.3. The molecule has 5 nitrogen and oxygen atoms in total. The summed E-state index contributed by atoms with van der Waals surface area (Å²) in [5.41, 5.74) is 3.18. The third-order valence-corrected chi connectivity index (χ3v) is 5.96. The van der Waals surface area contributed by atoms with Gasteiger partial charge in [0, 0.05) is 24.7 Å². The first-order chi connectivity index (χ1) is 12.5. The molecule has 2 aromatic rings. The number of fused-ring (bicyclic) bond motifs is 2. The fraction of sp³-hybridized carbons (Fsp3) is 0.450. The predicted octanol–water partition coefficient (Wildman–Crippen LogP) is 3.19. The van der Waals surface area contributed by atoms with Gasteiger partial charge in [-0.25, -0.2) is 9.97 Å². The topological polar surface area (TPSA) is 66.3 Å². The van der Waals surface area contributed by atoms with Gasteiger partial charge in [0.25, 0.3) is 0 Å². The molecule has 6 heteroatoms. The van der Waals surface area contributed by atoms with Crippen molar-refractivity contribution < 1.29 is 9.90 Å². The van der Waals surface area contributed by atoms with E-state index in [1.54, 1.807) is 12.1 Å². The van der Waals surface area contributed by atoms with E-state index in [-0.39, 0.29) is 22.1 Å². The molecule has 1 N–H and O–H groups in total. The molecule has 1 unspecified atom stereocenters. The van der Waals surface area contributed by atoms with Crippen LogP contribution in [0.3, 0.4) is 0 Å². The van der Waals surface area contributed by atoms with E-state index in [4.69, 9.17) is 16.6 Å². The Morgan fingerprint density at radius 1 is 1.38 bits per heavy atom. The third-order valence-electron chi connectivity index (χ3n) is 5.66. The molecule has 1 amide bonds. The first-order valence-corrected chi connectivity index (χ1v) is 9.43. The first kappa shape index (κ1) is 17.3. The Balaban J connectivity index is 1.53. The maximum Gasteiger partial charge on any atom is 0.227 e. The van der Waals surface area contributed by atoms with Gasteiger partial charge in [0.2, 0.25) is 5.91 Å². The SMILES string of the molecule is Cc1ncc2c(n1)C1(CCCN(C(=O)Cc3ccc(O)c(Cl)c3)C1)CC2. The van der Waals surface area contributed by atoms with Crippen LogP contribution < -0.4 is 0 Å². The van der Waals surface area contributed by atoms with Crippen LogP contribution in [0, 0.1) is 6.92 Å². The number of halogens is 1. The van der Waals surface area contributed by atoms with Crippen molar-refractivity contribution in [3.8, 4) is 5.75 Å². The molecule has 1 aromatic heterocycles. The number of piperidine rings is 1. The molecule has 1 spiro atoms. The highest BCUT2D eigenvalue weighted by Gasteiger charge is 2.44. The smallest absolute Gasteiger partial charge is 0.227 e. The van der Waals surface area contributed by atoms with Crippen molar-refractivity contribution in [2.24, 2.45) is 0 Å². The summed E-state index contributed by atoms with van der Waals surface area (Å²) in [6.45, 7) is 3.43. The van der Waals surface area contributed by atoms with Gasteiger partial charge >= 0.3 is 0 Å². The lowest BCUT2D eigenvalue weighted by Gasteiger charge is -2.40. The highest BCUT2D eigenvalue weighted by molar-refractivity contribution is 6.32. The van der Waals surface area contributed by atoms with Gasteiger partial charge in [0.1, 0.15) is 11.6 Å². The number of aromatic nitrogens is 2. The van der Waals surface area contributed by atoms with Gasteiger partial charge in [-0.2, -0.15) is 0 Å². The van der Waals surface area contributed by atoms with Crippen molar-refractivity contribution in [2.75, 3.05) is 13.1 Å². The van der Waals surface area contributed by atoms with Gasteiger partial charge in [-0.1, -0.05) is 17.7 Å². The van der Waals surface area contributed by atoms with E-state index in [1.807, 2.05) is 18.0 Å². The van der Waals surface area contributed by atoms with Crippen molar-refractivity contribution in [3.63, 3.8) is 0 Å². The second kappa shape index (κ2) is 6.54. The van der Waals surface area contributed by atoms with Crippen LogP contribution in [0.25, 0.3) is 0 Å². The lowest BCUT2D eigenvalue weighted by molar-refractivity contribution is -0.132. The van der Waals surface area contributed by atoms with Gasteiger partial charge in [0.15, 0.2) is 0 Å². The van der Waals surface area contributed by atoms with Crippen LogP contribution in [0.5, 0.6) is 5.75 Å². The molecule has 26 heavy (non-hydrogen) atoms. The van der Waals surface area contributed by atoms with Gasteiger partial charge in [-0.15, -0.1) is 0 Å². The number of amides is 1. The molecule has 4 rings (SSSR count). The minimum atomic E-state index is -0.0243. The number of hydrogen-bond donors (Lipinski definition) is 1. The zero-order valence-electron chi connectivity index (χ0n) is 14.8. The van der Waals surface area contributed by atoms with E-state index in [2.05, 4.69) is 4.98 Å². The molecule has 2 heterocycles. The third kappa shape index (κ3) is 3.05. The van der Waals surface area contributed by atoms with E-state index >= 15 is 0 Å². The number of benzene rings is 1. The van der Waals surface area contributed by atoms with Crippen molar-refractivity contribution in [1.82, 2.24) is 14.9 Å². The average Bonchev–Trinajstić information content (AvgIpc) is 2.96. The van der Waals surface area contributed by atoms with Gasteiger partial charge in [-0.3, -0.25) is 4.79 Å². The molecule has 1 atom stereocenters. The standard InChI is InChI=1S/C20H22ClN3O2/c1-13-22-11-15-5-7-20(19(15)23-13)6-2-8-24(12-20)18(26)10-14-3-4-17(25)16(21)9-14/h3-4,9,11,25H,2,5-8,10,12H2,1H3. The van der Waals surface area contributed by atoms with Crippen molar-refractivity contribution in [1.29, 1.82) is 0 Å². The summed E-state index contributed by atoms with van der Waals surface area (Å²) in [5, 5.41) is 9.82. The summed E-state index contributed by atoms with van der Waals surface area (Å²) in [7, 11) is 0. The first-order valence-electron chi connectivity index (χ1n) is 9.05. The van der Waals surface area contributed by atoms with Crippen LogP contribution in [-0.2, 0) is 23.1 Å². The Hall–Kier alpha value is -2.14. The van der Waals surface area contributed by atoms with Gasteiger partial charge in [-0.05, 0) is 55.9 Å². The van der Waals surface area contributed by atoms with Crippen LogP contribution in [-0.4, -0.2) is 39.0 Å². The van der Waals surface area contributed by atoms with Gasteiger partial charge < -0.3 is 10.0 Å². The number of carbonyl (C=O) groups excluding carboxylic acids is 1. The van der Waals surface area contributed by atoms with E-state index in [0.29, 0.717) is 6.42 Å². The number of likely N-dealkylation sites (tertiary alicyclic amines) is 1. The molecule has 1 aliphatic carbocycles. The summed E-state index contributed by atoms with van der Waals surface area (Å²) < 4.78 is 0. The van der Waals surface area contributed by atoms with E-state index in [1.165, 1.54) is 11.6 Å². The maximum atomic E-state index is 12.9. The number of aryl methyl sites for hydroxylation is 2. The molecule has 136 valence electrons. The summed E-state index contributed by atoms with van der Waals surface area (Å²) in [4.78, 5) is 23.9. The Morgan fingerprint density at radius 2 is 2.23 bits per heavy atom. The highest BCUT2D eigenvalue weighted by Crippen LogP contribution is 2.43. The van der Waals surface area contributed by atoms with E-state index in [0.717, 1.165) is 55.9 Å². The lowest BCUT2D eigenvalue weighted by atomic mass is 9.77. The van der Waals surface area contributed by atoms with Crippen LogP contribution in [0.2, 0.25) is 5.02 Å². The monoisotopic (exact) mass is 371 g/mol. The second-order valence-electron chi connectivity index (χ2n) is 7.45. The molecule has 1 aliphatic heterocycles. The molecule has 0 saturated carbocycles. The van der Waals surface area contributed by atoms with E-state index < -0.39 is 0 Å². The fourth-order valence-electron chi connectivity index (χ4n) is 4.32. The van der Waals surface area contributed by atoms with Crippen LogP contribution >= 0.6 is 11.6 Å². The molecule has 0 bridgehead atoms. The van der Waals surface area contributed by atoms with Crippen LogP contribution in [0.1, 0.15) is 41.9 Å². The number of hydrogen-bond acceptors (Lipinski definition) is 4. The average molecular weight is 372 g/mol. The molecular formula is C20H22ClN3O2. The normalized spacial score (nSPS) is 21.8. The van der Waals surface area contributed by atoms with Crippen LogP contribution in [0.4, 0.5) is 0 Å². The van der Waals surface area contributed by atoms with Crippen molar-refractivity contribution in [3.05, 3.63) is 52.1 Å². The number of nitrogens with zero attached hydrogens (tertiary/aromatic N) is 3. The number of phenols is 1. The Kier molecular flexibility index (Phi) is 4.35. The van der Waals surface area contributed by atoms with Crippen molar-refractivity contribution >= 4 is 17.5 Å². The highest BCUT2D eigenvalue weighted by atomic mass is 35.5. The van der Waals surface area contributed by atoms with Crippen molar-refractivity contribution in [2.45, 2.75) is 44.4 Å². The second-order valence-corrected chi connectivity index (χ2v) is 7.86. The Labute approximate surface area is 158 Å². The molecule has 0 radical (unpaired) electrons. The molecule has 2 aliphatic rings.